The topological polar surface area (TPSA) is 0 Å². The van der Waals surface area contributed by atoms with E-state index in [0.717, 1.165) is 12.8 Å². The fraction of sp³-hybridized carbons (Fsp3) is 0.875. The summed E-state index contributed by atoms with van der Waals surface area (Å²) in [6.07, 6.45) is 16.0. The van der Waals surface area contributed by atoms with E-state index in [1.807, 2.05) is 0 Å². The maximum absolute atomic E-state index is 3.29. The van der Waals surface area contributed by atoms with Crippen molar-refractivity contribution in [1.29, 1.82) is 0 Å². The monoisotopic (exact) mass is 348 g/mol. The zero-order valence-electron chi connectivity index (χ0n) is 11.6. The minimum absolute atomic E-state index is 1.10. The van der Waals surface area contributed by atoms with Gasteiger partial charge in [-0.1, -0.05) is 74.5 Å². The van der Waals surface area contributed by atoms with Crippen LogP contribution >= 0.6 is 22.6 Å². The van der Waals surface area contributed by atoms with Gasteiger partial charge in [0.2, 0.25) is 0 Å². The first kappa shape index (κ1) is 17.3. The van der Waals surface area contributed by atoms with Crippen molar-refractivity contribution in [3.8, 4) is 11.8 Å². The zero-order chi connectivity index (χ0) is 12.6. The first-order valence-corrected chi connectivity index (χ1v) is 8.96. The standard InChI is InChI=1S/C16H29I/c1-2-3-4-5-6-7-8-9-10-11-12-13-14-15-16-17/h2-4,7-16H2,1H3. The highest BCUT2D eigenvalue weighted by atomic mass is 127. The lowest BCUT2D eigenvalue weighted by atomic mass is 10.1. The fourth-order valence-electron chi connectivity index (χ4n) is 1.81. The second-order valence-electron chi connectivity index (χ2n) is 4.72. The minimum atomic E-state index is 1.10. The van der Waals surface area contributed by atoms with E-state index in [4.69, 9.17) is 0 Å². The normalized spacial score (nSPS) is 10.0. The van der Waals surface area contributed by atoms with Gasteiger partial charge in [0.15, 0.2) is 0 Å². The van der Waals surface area contributed by atoms with Gasteiger partial charge in [-0.3, -0.25) is 0 Å². The quantitative estimate of drug-likeness (QED) is 0.182. The van der Waals surface area contributed by atoms with Crippen LogP contribution in [-0.2, 0) is 0 Å². The molecule has 0 spiro atoms. The Morgan fingerprint density at radius 3 is 1.65 bits per heavy atom. The number of alkyl halides is 1. The van der Waals surface area contributed by atoms with Gasteiger partial charge in [-0.2, -0.15) is 0 Å². The van der Waals surface area contributed by atoms with Gasteiger partial charge in [0, 0.05) is 12.8 Å². The molecular formula is C16H29I. The lowest BCUT2D eigenvalue weighted by Gasteiger charge is -1.99. The van der Waals surface area contributed by atoms with E-state index in [0.29, 0.717) is 0 Å². The molecule has 0 atom stereocenters. The van der Waals surface area contributed by atoms with Crippen molar-refractivity contribution in [2.45, 2.75) is 84.0 Å². The third-order valence-electron chi connectivity index (χ3n) is 2.97. The second kappa shape index (κ2) is 16.3. The van der Waals surface area contributed by atoms with Crippen LogP contribution in [0.2, 0.25) is 0 Å². The molecule has 1 heteroatoms. The molecule has 0 aliphatic carbocycles. The molecule has 0 aliphatic rings. The van der Waals surface area contributed by atoms with Gasteiger partial charge in [-0.05, 0) is 23.7 Å². The molecule has 0 nitrogen and oxygen atoms in total. The van der Waals surface area contributed by atoms with E-state index < -0.39 is 0 Å². The number of halogens is 1. The Labute approximate surface area is 122 Å². The van der Waals surface area contributed by atoms with Crippen LogP contribution in [0.4, 0.5) is 0 Å². The molecule has 0 unspecified atom stereocenters. The Hall–Kier alpha value is 0.290. The third kappa shape index (κ3) is 16.3. The zero-order valence-corrected chi connectivity index (χ0v) is 13.7. The molecule has 0 saturated carbocycles. The first-order chi connectivity index (χ1) is 8.41. The molecular weight excluding hydrogens is 319 g/mol. The maximum atomic E-state index is 3.29. The van der Waals surface area contributed by atoms with Crippen LogP contribution in [0.1, 0.15) is 84.0 Å². The summed E-state index contributed by atoms with van der Waals surface area (Å²) in [7, 11) is 0. The smallest absolute Gasteiger partial charge is 0.00886 e. The molecule has 17 heavy (non-hydrogen) atoms. The summed E-state index contributed by atoms with van der Waals surface area (Å²) >= 11 is 2.47. The lowest BCUT2D eigenvalue weighted by Crippen LogP contribution is -1.81. The molecule has 0 aromatic carbocycles. The van der Waals surface area contributed by atoms with Crippen LogP contribution in [0.25, 0.3) is 0 Å². The van der Waals surface area contributed by atoms with E-state index in [1.165, 1.54) is 68.6 Å². The van der Waals surface area contributed by atoms with Gasteiger partial charge in [-0.15, -0.1) is 11.8 Å². The summed E-state index contributed by atoms with van der Waals surface area (Å²) in [4.78, 5) is 0. The van der Waals surface area contributed by atoms with Gasteiger partial charge in [0.05, 0.1) is 0 Å². The molecule has 0 bridgehead atoms. The van der Waals surface area contributed by atoms with Gasteiger partial charge >= 0.3 is 0 Å². The molecule has 0 rings (SSSR count). The Kier molecular flexibility index (Phi) is 16.6. The van der Waals surface area contributed by atoms with E-state index in [9.17, 15) is 0 Å². The van der Waals surface area contributed by atoms with Crippen molar-refractivity contribution in [1.82, 2.24) is 0 Å². The Bertz CT molecular complexity index is 187. The molecule has 0 saturated heterocycles. The Morgan fingerprint density at radius 2 is 1.12 bits per heavy atom. The van der Waals surface area contributed by atoms with Crippen LogP contribution in [0.5, 0.6) is 0 Å². The van der Waals surface area contributed by atoms with Gasteiger partial charge in [0.1, 0.15) is 0 Å². The predicted octanol–water partition coefficient (Wildman–Crippen LogP) is 6.13. The van der Waals surface area contributed by atoms with Crippen LogP contribution in [0.15, 0.2) is 0 Å². The van der Waals surface area contributed by atoms with Crippen LogP contribution < -0.4 is 0 Å². The van der Waals surface area contributed by atoms with Crippen molar-refractivity contribution in [2.24, 2.45) is 0 Å². The summed E-state index contributed by atoms with van der Waals surface area (Å²) in [5, 5.41) is 0. The molecule has 0 N–H and O–H groups in total. The van der Waals surface area contributed by atoms with Crippen molar-refractivity contribution in [2.75, 3.05) is 4.43 Å². The van der Waals surface area contributed by atoms with Crippen molar-refractivity contribution >= 4 is 22.6 Å². The maximum Gasteiger partial charge on any atom is 0.00886 e. The summed E-state index contributed by atoms with van der Waals surface area (Å²) in [5.74, 6) is 6.55. The molecule has 0 aromatic heterocycles. The summed E-state index contributed by atoms with van der Waals surface area (Å²) in [6, 6.07) is 0. The summed E-state index contributed by atoms with van der Waals surface area (Å²) < 4.78 is 1.33. The number of unbranched alkanes of at least 4 members (excludes halogenated alkanes) is 10. The molecule has 0 fully saturated rings. The Balaban J connectivity index is 2.99. The average Bonchev–Trinajstić information content (AvgIpc) is 2.35. The molecule has 100 valence electrons. The van der Waals surface area contributed by atoms with Gasteiger partial charge in [-0.25, -0.2) is 0 Å². The number of hydrogen-bond acceptors (Lipinski definition) is 0. The molecule has 0 amide bonds. The third-order valence-corrected chi connectivity index (χ3v) is 3.73. The largest absolute Gasteiger partial charge is 0.103 e. The number of rotatable bonds is 11. The highest BCUT2D eigenvalue weighted by molar-refractivity contribution is 14.1. The lowest BCUT2D eigenvalue weighted by molar-refractivity contribution is 0.581. The summed E-state index contributed by atoms with van der Waals surface area (Å²) in [6.45, 7) is 2.22. The summed E-state index contributed by atoms with van der Waals surface area (Å²) in [5.41, 5.74) is 0. The first-order valence-electron chi connectivity index (χ1n) is 7.43. The van der Waals surface area contributed by atoms with Crippen LogP contribution in [0.3, 0.4) is 0 Å². The van der Waals surface area contributed by atoms with Crippen LogP contribution in [-0.4, -0.2) is 4.43 Å². The van der Waals surface area contributed by atoms with Gasteiger partial charge < -0.3 is 0 Å². The minimum Gasteiger partial charge on any atom is -0.103 e. The van der Waals surface area contributed by atoms with Crippen molar-refractivity contribution in [3.63, 3.8) is 0 Å². The second-order valence-corrected chi connectivity index (χ2v) is 5.80. The molecule has 0 radical (unpaired) electrons. The SMILES string of the molecule is CCCCC#CCCCCCCCCCCI. The fourth-order valence-corrected chi connectivity index (χ4v) is 2.35. The highest BCUT2D eigenvalue weighted by Crippen LogP contribution is 2.10. The van der Waals surface area contributed by atoms with Gasteiger partial charge in [0.25, 0.3) is 0 Å². The highest BCUT2D eigenvalue weighted by Gasteiger charge is 1.91. The van der Waals surface area contributed by atoms with Crippen LogP contribution in [0, 0.1) is 11.8 Å². The van der Waals surface area contributed by atoms with E-state index >= 15 is 0 Å². The predicted molar refractivity (Wildman–Crippen MR) is 87.7 cm³/mol. The average molecular weight is 348 g/mol. The number of hydrogen-bond donors (Lipinski definition) is 0. The molecule has 0 aromatic rings. The molecule has 0 aliphatic heterocycles. The van der Waals surface area contributed by atoms with E-state index in [2.05, 4.69) is 41.4 Å². The Morgan fingerprint density at radius 1 is 0.647 bits per heavy atom. The molecule has 0 heterocycles. The van der Waals surface area contributed by atoms with Crippen molar-refractivity contribution < 1.29 is 0 Å². The van der Waals surface area contributed by atoms with E-state index in [-0.39, 0.29) is 0 Å². The van der Waals surface area contributed by atoms with Crippen molar-refractivity contribution in [3.05, 3.63) is 0 Å². The van der Waals surface area contributed by atoms with E-state index in [1.54, 1.807) is 0 Å².